The summed E-state index contributed by atoms with van der Waals surface area (Å²) in [5.41, 5.74) is 34.9. The van der Waals surface area contributed by atoms with E-state index < -0.39 is 192 Å². The molecule has 0 aliphatic rings. The van der Waals surface area contributed by atoms with Crippen molar-refractivity contribution >= 4 is 101 Å². The number of aliphatic hydroxyl groups excluding tert-OH is 2. The van der Waals surface area contributed by atoms with Crippen molar-refractivity contribution in [3.05, 3.63) is 48.0 Å². The molecule has 14 atom stereocenters. The van der Waals surface area contributed by atoms with Crippen LogP contribution in [0.4, 0.5) is 0 Å². The topological polar surface area (TPSA) is 750 Å². The highest BCUT2D eigenvalue weighted by molar-refractivity contribution is 6.01. The Balaban J connectivity index is 2.44. The van der Waals surface area contributed by atoms with E-state index in [1.165, 1.54) is 88.2 Å². The third-order valence-corrected chi connectivity index (χ3v) is 21.5. The Bertz CT molecular complexity index is 3840. The molecule has 14 amide bonds. The predicted molar refractivity (Wildman–Crippen MR) is 491 cm³/mol. The first-order chi connectivity index (χ1) is 62.3. The number of benzene rings is 1. The highest BCUT2D eigenvalue weighted by atomic mass is 16.4. The number of aliphatic carboxylic acids is 1. The quantitative estimate of drug-likeness (QED) is 0.0194. The molecule has 1 aromatic heterocycles. The molecule has 44 nitrogen and oxygen atoms in total. The number of carboxylic acid groups (broad SMARTS) is 1. The summed E-state index contributed by atoms with van der Waals surface area (Å²) in [6, 6.07) is -14.8. The highest BCUT2D eigenvalue weighted by Crippen LogP contribution is 2.19. The van der Waals surface area contributed by atoms with E-state index in [0.717, 1.165) is 39.5 Å². The Labute approximate surface area is 768 Å². The number of nitrogens with one attached hydrogen (secondary N) is 18. The van der Waals surface area contributed by atoms with E-state index in [4.69, 9.17) is 45.2 Å². The summed E-state index contributed by atoms with van der Waals surface area (Å²) >= 11 is 0. The van der Waals surface area contributed by atoms with Gasteiger partial charge in [-0.2, -0.15) is 0 Å². The lowest BCUT2D eigenvalue weighted by Gasteiger charge is -2.29. The molecular formula is C87H153N25O19. The van der Waals surface area contributed by atoms with Crippen LogP contribution in [0.3, 0.4) is 0 Å². The number of carbonyl (C=O) groups excluding carboxylic acids is 14. The lowest BCUT2D eigenvalue weighted by atomic mass is 10.0. The smallest absolute Gasteiger partial charge is 0.305 e. The maximum absolute atomic E-state index is 14.8. The van der Waals surface area contributed by atoms with Gasteiger partial charge in [0.1, 0.15) is 84.3 Å². The average Bonchev–Trinajstić information content (AvgIpc) is 1.56. The SMILES string of the molecule is CCCCCCCCCCCCCCCC(=O)N[C@@H](CCCCN)C(=O)N[C@@H](CCCCN)C(=O)N[C@@H](CC(C)C)C(=O)N[C@@H](CCCNC(=N)N)C(=O)N[C@@H](CO)C(=O)N[C@@H](C)C(=O)N[C@H](C(=O)N[C@@H](CC(=O)O)C(=O)N[C@@H](CCCCN)C(=O)N[C@@H](Cc1ccc(O)cc1)C(=O)N[C@@H](CCCNC(=N)N)C(=O)N[C@@H](CC(C)C)C(=O)N[C@@H](Cc1c[nH]cn1)C(N)=O)[C@@H](C)O. The van der Waals surface area contributed by atoms with Gasteiger partial charge in [0.05, 0.1) is 31.2 Å². The fraction of sp³-hybridized carbons (Fsp3) is 0.701. The molecule has 44 heteroatoms. The van der Waals surface area contributed by atoms with Crippen LogP contribution >= 0.6 is 0 Å². The van der Waals surface area contributed by atoms with Crippen LogP contribution < -0.4 is 114 Å². The van der Waals surface area contributed by atoms with Crippen LogP contribution in [-0.2, 0) is 84.8 Å². The van der Waals surface area contributed by atoms with E-state index >= 15 is 0 Å². The molecule has 0 saturated heterocycles. The number of aromatic nitrogens is 2. The summed E-state index contributed by atoms with van der Waals surface area (Å²) < 4.78 is 0. The molecule has 2 rings (SSSR count). The minimum Gasteiger partial charge on any atom is -0.508 e. The third kappa shape index (κ3) is 50.0. The molecule has 0 saturated carbocycles. The minimum absolute atomic E-state index is 0.00259. The van der Waals surface area contributed by atoms with Gasteiger partial charge in [-0.15, -0.1) is 0 Å². The molecule has 0 aliphatic carbocycles. The Morgan fingerprint density at radius 2 is 0.763 bits per heavy atom. The highest BCUT2D eigenvalue weighted by Gasteiger charge is 2.39. The second kappa shape index (κ2) is 66.1. The molecule has 0 unspecified atom stereocenters. The van der Waals surface area contributed by atoms with Gasteiger partial charge in [-0.05, 0) is 166 Å². The minimum atomic E-state index is -2.09. The summed E-state index contributed by atoms with van der Waals surface area (Å²) in [5, 5.41) is 95.4. The van der Waals surface area contributed by atoms with Gasteiger partial charge >= 0.3 is 5.97 Å². The number of nitrogens with two attached hydrogens (primary N) is 6. The number of aromatic hydroxyl groups is 1. The van der Waals surface area contributed by atoms with Crippen molar-refractivity contribution in [1.29, 1.82) is 10.8 Å². The number of rotatable bonds is 72. The predicted octanol–water partition coefficient (Wildman–Crippen LogP) is -1.96. The number of guanidine groups is 2. The van der Waals surface area contributed by atoms with Crippen molar-refractivity contribution < 1.29 is 92.3 Å². The van der Waals surface area contributed by atoms with Crippen molar-refractivity contribution in [1.82, 2.24) is 89.7 Å². The van der Waals surface area contributed by atoms with Gasteiger partial charge in [0.15, 0.2) is 11.9 Å². The summed E-state index contributed by atoms with van der Waals surface area (Å²) in [6.07, 6.45) is 16.3. The number of H-pyrrole nitrogens is 1. The maximum atomic E-state index is 14.8. The number of carbonyl (C=O) groups is 15. The van der Waals surface area contributed by atoms with Crippen LogP contribution in [0.25, 0.3) is 0 Å². The van der Waals surface area contributed by atoms with Crippen molar-refractivity contribution in [2.75, 3.05) is 39.3 Å². The standard InChI is InChI=1S/C87H153N25O19/c1-8-9-10-11-12-13-14-15-16-17-18-19-20-34-70(116)101-59(29-21-24-39-88)75(121)102-60(30-22-25-40-89)76(122)107-65(44-52(2)3)80(126)104-63(33-28-43-98-87(94)95)79(125)111-69(50-113)84(130)100-54(6)74(120)112-72(55(7)114)85(131)110-68(48-71(117)118)83(129)103-61(31-23-26-41-90)77(123)109-67(46-56-35-37-58(115)38-36-56)82(128)105-62(32-27-42-97-86(92)93)78(124)108-66(45-53(4)5)81(127)106-64(73(91)119)47-57-49-96-51-99-57/h35-38,49,51-55,59-69,72,113-115H,8-34,39-48,50,88-90H2,1-7H3,(H2,91,119)(H,96,99)(H,100,130)(H,101,116)(H,102,121)(H,103,129)(H,104,126)(H,105,128)(H,106,127)(H,107,122)(H,108,124)(H,109,123)(H,110,131)(H,111,125)(H,112,120)(H,117,118)(H4,92,93,97)(H4,94,95,98)/t54-,55+,59-,60-,61-,62-,63-,64-,65-,66-,67-,68-,69-,72-/m0/s1. The summed E-state index contributed by atoms with van der Waals surface area (Å²) in [4.78, 5) is 217. The lowest BCUT2D eigenvalue weighted by Crippen LogP contribution is -2.62. The summed E-state index contributed by atoms with van der Waals surface area (Å²) in [7, 11) is 0. The Hall–Kier alpha value is -11.4. The van der Waals surface area contributed by atoms with Crippen LogP contribution in [-0.4, -0.2) is 255 Å². The molecule has 1 aromatic carbocycles. The lowest BCUT2D eigenvalue weighted by molar-refractivity contribution is -0.142. The van der Waals surface area contributed by atoms with Crippen molar-refractivity contribution in [2.45, 2.75) is 339 Å². The average molecular weight is 1850 g/mol. The number of primary amides is 1. The van der Waals surface area contributed by atoms with Crippen LogP contribution in [0.15, 0.2) is 36.8 Å². The summed E-state index contributed by atoms with van der Waals surface area (Å²) in [6.45, 7) is 11.0. The fourth-order valence-corrected chi connectivity index (χ4v) is 14.1. The molecule has 740 valence electrons. The number of hydrogen-bond donors (Lipinski definition) is 28. The number of phenols is 1. The van der Waals surface area contributed by atoms with Crippen molar-refractivity contribution in [2.24, 2.45) is 46.2 Å². The van der Waals surface area contributed by atoms with Crippen molar-refractivity contribution in [3.8, 4) is 5.75 Å². The number of aromatic amines is 1. The zero-order valence-corrected chi connectivity index (χ0v) is 77.4. The maximum Gasteiger partial charge on any atom is 0.305 e. The largest absolute Gasteiger partial charge is 0.508 e. The molecular weight excluding hydrogens is 1700 g/mol. The number of carboxylic acids is 1. The third-order valence-electron chi connectivity index (χ3n) is 21.5. The molecule has 0 bridgehead atoms. The number of nitrogens with zero attached hydrogens (tertiary/aromatic N) is 1. The number of hydrogen-bond acceptors (Lipinski definition) is 24. The molecule has 1 heterocycles. The normalized spacial score (nSPS) is 14.4. The molecule has 131 heavy (non-hydrogen) atoms. The first-order valence-electron chi connectivity index (χ1n) is 46.0. The van der Waals surface area contributed by atoms with E-state index in [-0.39, 0.29) is 140 Å². The van der Waals surface area contributed by atoms with Crippen molar-refractivity contribution in [3.63, 3.8) is 0 Å². The zero-order valence-electron chi connectivity index (χ0n) is 77.4. The molecule has 0 aliphatic heterocycles. The monoisotopic (exact) mass is 1850 g/mol. The van der Waals surface area contributed by atoms with Gasteiger partial charge in [0.2, 0.25) is 82.7 Å². The van der Waals surface area contributed by atoms with Gasteiger partial charge in [-0.3, -0.25) is 82.7 Å². The molecule has 0 fully saturated rings. The van der Waals surface area contributed by atoms with E-state index in [1.54, 1.807) is 27.7 Å². The number of aliphatic hydroxyl groups is 2. The molecule has 34 N–H and O–H groups in total. The van der Waals surface area contributed by atoms with E-state index in [9.17, 15) is 92.3 Å². The van der Waals surface area contributed by atoms with Crippen LogP contribution in [0.2, 0.25) is 0 Å². The number of unbranched alkanes of at least 4 members (excludes halogenated alkanes) is 15. The van der Waals surface area contributed by atoms with Gasteiger partial charge in [-0.1, -0.05) is 124 Å². The molecule has 0 spiro atoms. The Kier molecular flexibility index (Phi) is 58.3. The molecule has 2 aromatic rings. The number of imidazole rings is 1. The number of amides is 14. The van der Waals surface area contributed by atoms with E-state index in [0.29, 0.717) is 49.9 Å². The van der Waals surface area contributed by atoms with Gasteiger partial charge < -0.3 is 140 Å². The van der Waals surface area contributed by atoms with E-state index in [2.05, 4.69) is 96.6 Å². The first kappa shape index (κ1) is 116. The Morgan fingerprint density at radius 3 is 1.15 bits per heavy atom. The van der Waals surface area contributed by atoms with Gasteiger partial charge in [0, 0.05) is 38.5 Å². The summed E-state index contributed by atoms with van der Waals surface area (Å²) in [5.74, 6) is -16.6. The zero-order chi connectivity index (χ0) is 97.9. The molecule has 0 radical (unpaired) electrons. The second-order valence-electron chi connectivity index (χ2n) is 34.1. The van der Waals surface area contributed by atoms with Crippen LogP contribution in [0.5, 0.6) is 5.75 Å². The van der Waals surface area contributed by atoms with Gasteiger partial charge in [-0.25, -0.2) is 4.98 Å². The van der Waals surface area contributed by atoms with Gasteiger partial charge in [0.25, 0.3) is 0 Å². The van der Waals surface area contributed by atoms with Crippen LogP contribution in [0, 0.1) is 22.7 Å². The second-order valence-corrected chi connectivity index (χ2v) is 34.1. The van der Waals surface area contributed by atoms with E-state index in [1.807, 2.05) is 0 Å². The fourth-order valence-electron chi connectivity index (χ4n) is 14.1. The first-order valence-corrected chi connectivity index (χ1v) is 46.0. The number of phenolic OH excluding ortho intramolecular Hbond substituents is 1. The van der Waals surface area contributed by atoms with Crippen LogP contribution in [0.1, 0.15) is 252 Å². The Morgan fingerprint density at radius 1 is 0.405 bits per heavy atom.